The van der Waals surface area contributed by atoms with Crippen molar-refractivity contribution < 1.29 is 12.3 Å². The first-order chi connectivity index (χ1) is 24.8. The predicted octanol–water partition coefficient (Wildman–Crippen LogP) is 9.91. The third-order valence-corrected chi connectivity index (χ3v) is 24.6. The smallest absolute Gasteiger partial charge is 0.352 e. The normalized spacial score (nSPS) is 22.4. The van der Waals surface area contributed by atoms with E-state index in [1.165, 1.54) is 64.6 Å². The molecular weight excluding hydrogens is 673 g/mol. The summed E-state index contributed by atoms with van der Waals surface area (Å²) in [5.74, 6) is 0. The van der Waals surface area contributed by atoms with Crippen LogP contribution < -0.4 is 15.6 Å². The molecule has 0 radical (unpaired) electrons. The topological polar surface area (TPSA) is 27.7 Å². The Morgan fingerprint density at radius 3 is 0.843 bits per heavy atom. The summed E-state index contributed by atoms with van der Waals surface area (Å²) in [6.45, 7) is 6.78. The molecular formula is C45H36O3Si3. The van der Waals surface area contributed by atoms with E-state index in [0.29, 0.717) is 0 Å². The molecule has 9 aromatic carbocycles. The van der Waals surface area contributed by atoms with E-state index in [9.17, 15) is 0 Å². The third-order valence-electron chi connectivity index (χ3n) is 11.0. The molecule has 0 unspecified atom stereocenters. The van der Waals surface area contributed by atoms with Crippen LogP contribution in [0.2, 0.25) is 19.6 Å². The quantitative estimate of drug-likeness (QED) is 0.135. The van der Waals surface area contributed by atoms with Gasteiger partial charge in [-0.15, -0.1) is 0 Å². The van der Waals surface area contributed by atoms with Gasteiger partial charge in [0.25, 0.3) is 0 Å². The van der Waals surface area contributed by atoms with Crippen LogP contribution in [0.25, 0.3) is 64.6 Å². The molecule has 0 amide bonds. The van der Waals surface area contributed by atoms with Gasteiger partial charge < -0.3 is 12.3 Å². The second-order valence-electron chi connectivity index (χ2n) is 14.2. The molecule has 0 aliphatic carbocycles. The molecule has 1 aliphatic heterocycles. The number of benzene rings is 9. The van der Waals surface area contributed by atoms with E-state index in [0.717, 1.165) is 15.6 Å². The minimum atomic E-state index is -3.18. The van der Waals surface area contributed by atoms with Crippen LogP contribution in [0.15, 0.2) is 164 Å². The van der Waals surface area contributed by atoms with Crippen LogP contribution in [0.4, 0.5) is 0 Å². The summed E-state index contributed by atoms with van der Waals surface area (Å²) in [7, 11) is -9.55. The zero-order valence-electron chi connectivity index (χ0n) is 28.8. The molecule has 1 aliphatic rings. The molecule has 0 atom stereocenters. The molecule has 0 bridgehead atoms. The maximum absolute atomic E-state index is 7.64. The van der Waals surface area contributed by atoms with E-state index in [2.05, 4.69) is 183 Å². The van der Waals surface area contributed by atoms with Crippen molar-refractivity contribution in [3.8, 4) is 0 Å². The molecule has 10 rings (SSSR count). The number of hydrogen-bond acceptors (Lipinski definition) is 3. The van der Waals surface area contributed by atoms with E-state index in [-0.39, 0.29) is 0 Å². The first-order valence-electron chi connectivity index (χ1n) is 17.7. The van der Waals surface area contributed by atoms with E-state index in [1.807, 2.05) is 0 Å². The lowest BCUT2D eigenvalue weighted by Crippen LogP contribution is -2.77. The van der Waals surface area contributed by atoms with E-state index < -0.39 is 25.7 Å². The molecule has 3 nitrogen and oxygen atoms in total. The Kier molecular flexibility index (Phi) is 6.83. The lowest BCUT2D eigenvalue weighted by Gasteiger charge is -2.51. The average molecular weight is 709 g/mol. The molecule has 1 heterocycles. The van der Waals surface area contributed by atoms with Crippen molar-refractivity contribution in [3.05, 3.63) is 164 Å². The second-order valence-corrected chi connectivity index (χ2v) is 23.9. The molecule has 0 aromatic heterocycles. The van der Waals surface area contributed by atoms with Crippen LogP contribution in [0.5, 0.6) is 0 Å². The van der Waals surface area contributed by atoms with Crippen molar-refractivity contribution in [3.63, 3.8) is 0 Å². The molecule has 0 N–H and O–H groups in total. The minimum Gasteiger partial charge on any atom is -0.409 e. The number of rotatable bonds is 3. The van der Waals surface area contributed by atoms with Crippen molar-refractivity contribution in [2.75, 3.05) is 0 Å². The number of hydrogen-bond donors (Lipinski definition) is 0. The fourth-order valence-corrected chi connectivity index (χ4v) is 25.3. The molecule has 246 valence electrons. The third kappa shape index (κ3) is 4.72. The van der Waals surface area contributed by atoms with Crippen LogP contribution in [0, 0.1) is 0 Å². The van der Waals surface area contributed by atoms with Gasteiger partial charge in [0, 0.05) is 15.6 Å². The van der Waals surface area contributed by atoms with E-state index in [4.69, 9.17) is 12.3 Å². The molecule has 0 spiro atoms. The largest absolute Gasteiger partial charge is 0.409 e. The summed E-state index contributed by atoms with van der Waals surface area (Å²) >= 11 is 0. The SMILES string of the molecule is C[Si]1(c2cccc3c2ccc2ccccc23)O[Si](C)(c2cccc3c2ccc2ccccc23)O[Si](C)(c2cccc3c2ccc2ccccc23)O1. The van der Waals surface area contributed by atoms with Crippen molar-refractivity contribution in [2.24, 2.45) is 0 Å². The predicted molar refractivity (Wildman–Crippen MR) is 221 cm³/mol. The van der Waals surface area contributed by atoms with Crippen molar-refractivity contribution in [1.29, 1.82) is 0 Å². The summed E-state index contributed by atoms with van der Waals surface area (Å²) in [6, 6.07) is 59.3. The minimum absolute atomic E-state index is 1.16. The maximum Gasteiger partial charge on any atom is 0.352 e. The lowest BCUT2D eigenvalue weighted by molar-refractivity contribution is 0.253. The van der Waals surface area contributed by atoms with Crippen molar-refractivity contribution >= 4 is 106 Å². The average Bonchev–Trinajstić information content (AvgIpc) is 3.16. The van der Waals surface area contributed by atoms with E-state index in [1.54, 1.807) is 0 Å². The van der Waals surface area contributed by atoms with Gasteiger partial charge in [0.05, 0.1) is 0 Å². The van der Waals surface area contributed by atoms with Gasteiger partial charge in [0.15, 0.2) is 0 Å². The summed E-state index contributed by atoms with van der Waals surface area (Å²) in [5.41, 5.74) is 0. The fourth-order valence-electron chi connectivity index (χ4n) is 8.82. The monoisotopic (exact) mass is 708 g/mol. The number of fused-ring (bicyclic) bond motifs is 9. The van der Waals surface area contributed by atoms with Gasteiger partial charge in [-0.3, -0.25) is 0 Å². The van der Waals surface area contributed by atoms with Gasteiger partial charge in [0.2, 0.25) is 0 Å². The molecule has 6 heteroatoms. The zero-order chi connectivity index (χ0) is 34.4. The standard InChI is InChI=1S/C45H36O3Si3/c1-49(43-22-10-19-37-34-16-7-4-13-31(34)25-28-40(37)43)46-50(2,44-23-11-20-38-35-17-8-5-14-32(35)26-29-41(38)44)48-51(3,47-49)45-24-12-21-39-36-18-9-6-15-33(36)27-30-42(39)45/h4-30H,1-3H3. The molecule has 1 fully saturated rings. The highest BCUT2D eigenvalue weighted by Gasteiger charge is 2.60. The Morgan fingerprint density at radius 1 is 0.255 bits per heavy atom. The Morgan fingerprint density at radius 2 is 0.529 bits per heavy atom. The maximum atomic E-state index is 7.64. The van der Waals surface area contributed by atoms with Gasteiger partial charge in [-0.2, -0.15) is 0 Å². The molecule has 1 saturated heterocycles. The highest BCUT2D eigenvalue weighted by Crippen LogP contribution is 2.37. The summed E-state index contributed by atoms with van der Waals surface area (Å²) in [6.07, 6.45) is 0. The Hall–Kier alpha value is -4.93. The van der Waals surface area contributed by atoms with Crippen LogP contribution >= 0.6 is 0 Å². The van der Waals surface area contributed by atoms with Crippen LogP contribution in [-0.4, -0.2) is 25.7 Å². The first kappa shape index (κ1) is 30.9. The van der Waals surface area contributed by atoms with Gasteiger partial charge in [-0.05, 0) is 84.3 Å². The Balaban J connectivity index is 1.24. The Labute approximate surface area is 300 Å². The molecule has 9 aromatic rings. The highest BCUT2D eigenvalue weighted by molar-refractivity contribution is 7.06. The lowest BCUT2D eigenvalue weighted by atomic mass is 10.0. The summed E-state index contributed by atoms with van der Waals surface area (Å²) in [5, 5.41) is 18.1. The van der Waals surface area contributed by atoms with Gasteiger partial charge in [0.1, 0.15) is 0 Å². The summed E-state index contributed by atoms with van der Waals surface area (Å²) < 4.78 is 22.9. The van der Waals surface area contributed by atoms with Crippen LogP contribution in [-0.2, 0) is 12.3 Å². The molecule has 0 saturated carbocycles. The molecule has 51 heavy (non-hydrogen) atoms. The zero-order valence-corrected chi connectivity index (χ0v) is 31.8. The van der Waals surface area contributed by atoms with Crippen LogP contribution in [0.1, 0.15) is 0 Å². The Bertz CT molecular complexity index is 2550. The van der Waals surface area contributed by atoms with Crippen molar-refractivity contribution in [1.82, 2.24) is 0 Å². The van der Waals surface area contributed by atoms with Gasteiger partial charge >= 0.3 is 25.7 Å². The fraction of sp³-hybridized carbons (Fsp3) is 0.0667. The van der Waals surface area contributed by atoms with Crippen molar-refractivity contribution in [2.45, 2.75) is 19.6 Å². The van der Waals surface area contributed by atoms with Gasteiger partial charge in [-0.1, -0.05) is 164 Å². The second kappa shape index (κ2) is 11.3. The summed E-state index contributed by atoms with van der Waals surface area (Å²) in [4.78, 5) is 0. The van der Waals surface area contributed by atoms with Gasteiger partial charge in [-0.25, -0.2) is 0 Å². The first-order valence-corrected chi connectivity index (χ1v) is 24.6. The van der Waals surface area contributed by atoms with E-state index >= 15 is 0 Å². The van der Waals surface area contributed by atoms with Crippen LogP contribution in [0.3, 0.4) is 0 Å². The highest BCUT2D eigenvalue weighted by atomic mass is 28.5.